The number of aryl methyl sites for hydroxylation is 1. The number of rotatable bonds is 3. The molecule has 1 N–H and O–H groups in total. The van der Waals surface area contributed by atoms with Crippen LogP contribution < -0.4 is 4.74 Å². The molecule has 5 heteroatoms. The summed E-state index contributed by atoms with van der Waals surface area (Å²) in [6.07, 6.45) is 0. The third-order valence-corrected chi connectivity index (χ3v) is 2.90. The predicted octanol–water partition coefficient (Wildman–Crippen LogP) is 3.58. The SMILES string of the molecule is Cc1cc(CO)cc(Oc2ccc(F)cc2Br)n1. The fraction of sp³-hybridized carbons (Fsp3) is 0.154. The Kier molecular flexibility index (Phi) is 3.93. The van der Waals surface area contributed by atoms with E-state index in [2.05, 4.69) is 20.9 Å². The molecule has 0 unspecified atom stereocenters. The van der Waals surface area contributed by atoms with E-state index in [1.165, 1.54) is 18.2 Å². The zero-order valence-electron chi connectivity index (χ0n) is 9.65. The summed E-state index contributed by atoms with van der Waals surface area (Å²) < 4.78 is 19.0. The van der Waals surface area contributed by atoms with Crippen molar-refractivity contribution in [3.8, 4) is 11.6 Å². The van der Waals surface area contributed by atoms with E-state index in [0.29, 0.717) is 16.1 Å². The number of hydrogen-bond donors (Lipinski definition) is 1. The van der Waals surface area contributed by atoms with Gasteiger partial charge in [0.15, 0.2) is 0 Å². The molecule has 0 saturated heterocycles. The molecule has 1 aromatic heterocycles. The first-order chi connectivity index (χ1) is 8.58. The maximum Gasteiger partial charge on any atom is 0.219 e. The van der Waals surface area contributed by atoms with Crippen LogP contribution in [-0.4, -0.2) is 10.1 Å². The Morgan fingerprint density at radius 1 is 1.33 bits per heavy atom. The average Bonchev–Trinajstić information content (AvgIpc) is 2.32. The van der Waals surface area contributed by atoms with Gasteiger partial charge in [0, 0.05) is 11.8 Å². The summed E-state index contributed by atoms with van der Waals surface area (Å²) in [6.45, 7) is 1.73. The van der Waals surface area contributed by atoms with E-state index in [1.54, 1.807) is 12.1 Å². The smallest absolute Gasteiger partial charge is 0.219 e. The van der Waals surface area contributed by atoms with Crippen LogP contribution in [0.15, 0.2) is 34.8 Å². The molecule has 1 aromatic carbocycles. The number of hydrogen-bond acceptors (Lipinski definition) is 3. The minimum absolute atomic E-state index is 0.0791. The number of nitrogens with zero attached hydrogens (tertiary/aromatic N) is 1. The average molecular weight is 312 g/mol. The Labute approximate surface area is 112 Å². The van der Waals surface area contributed by atoms with E-state index in [9.17, 15) is 4.39 Å². The second-order valence-corrected chi connectivity index (χ2v) is 4.64. The molecule has 0 radical (unpaired) electrons. The van der Waals surface area contributed by atoms with Crippen LogP contribution in [0.5, 0.6) is 11.6 Å². The summed E-state index contributed by atoms with van der Waals surface area (Å²) in [5.74, 6) is 0.493. The molecular weight excluding hydrogens is 301 g/mol. The molecule has 0 bridgehead atoms. The first-order valence-electron chi connectivity index (χ1n) is 5.30. The van der Waals surface area contributed by atoms with Crippen molar-refractivity contribution in [2.45, 2.75) is 13.5 Å². The first-order valence-corrected chi connectivity index (χ1v) is 6.09. The Morgan fingerprint density at radius 3 is 2.78 bits per heavy atom. The van der Waals surface area contributed by atoms with Gasteiger partial charge in [-0.15, -0.1) is 0 Å². The lowest BCUT2D eigenvalue weighted by Crippen LogP contribution is -1.94. The molecule has 0 aliphatic heterocycles. The number of halogens is 2. The van der Waals surface area contributed by atoms with Crippen molar-refractivity contribution in [2.24, 2.45) is 0 Å². The van der Waals surface area contributed by atoms with Gasteiger partial charge in [0.2, 0.25) is 5.88 Å². The number of aliphatic hydroxyl groups excluding tert-OH is 1. The minimum Gasteiger partial charge on any atom is -0.438 e. The molecule has 0 amide bonds. The van der Waals surface area contributed by atoms with Gasteiger partial charge in [0.05, 0.1) is 11.1 Å². The molecule has 3 nitrogen and oxygen atoms in total. The molecule has 1 heterocycles. The monoisotopic (exact) mass is 311 g/mol. The molecule has 0 aliphatic rings. The van der Waals surface area contributed by atoms with Gasteiger partial charge in [0.25, 0.3) is 0 Å². The highest BCUT2D eigenvalue weighted by Crippen LogP contribution is 2.29. The Balaban J connectivity index is 2.30. The number of aromatic nitrogens is 1. The molecule has 2 aromatic rings. The Morgan fingerprint density at radius 2 is 2.11 bits per heavy atom. The van der Waals surface area contributed by atoms with Crippen molar-refractivity contribution < 1.29 is 14.2 Å². The lowest BCUT2D eigenvalue weighted by atomic mass is 10.2. The largest absolute Gasteiger partial charge is 0.438 e. The molecule has 18 heavy (non-hydrogen) atoms. The maximum atomic E-state index is 12.9. The van der Waals surface area contributed by atoms with Gasteiger partial charge in [-0.1, -0.05) is 0 Å². The number of ether oxygens (including phenoxy) is 1. The molecule has 94 valence electrons. The van der Waals surface area contributed by atoms with E-state index in [-0.39, 0.29) is 12.4 Å². The van der Waals surface area contributed by atoms with Crippen molar-refractivity contribution in [2.75, 3.05) is 0 Å². The normalized spacial score (nSPS) is 10.4. The van der Waals surface area contributed by atoms with Crippen molar-refractivity contribution in [1.29, 1.82) is 0 Å². The number of pyridine rings is 1. The van der Waals surface area contributed by atoms with E-state index >= 15 is 0 Å². The molecule has 0 spiro atoms. The standard InChI is InChI=1S/C13H11BrFNO2/c1-8-4-9(7-17)5-13(16-8)18-12-3-2-10(15)6-11(12)14/h2-6,17H,7H2,1H3. The zero-order valence-corrected chi connectivity index (χ0v) is 11.2. The fourth-order valence-electron chi connectivity index (χ4n) is 1.52. The maximum absolute atomic E-state index is 12.9. The molecule has 0 aliphatic carbocycles. The lowest BCUT2D eigenvalue weighted by Gasteiger charge is -2.08. The Hall–Kier alpha value is -1.46. The van der Waals surface area contributed by atoms with Crippen LogP contribution in [0.3, 0.4) is 0 Å². The highest BCUT2D eigenvalue weighted by Gasteiger charge is 2.06. The first kappa shape index (κ1) is 13.0. The van der Waals surface area contributed by atoms with Gasteiger partial charge in [-0.2, -0.15) is 0 Å². The van der Waals surface area contributed by atoms with Gasteiger partial charge in [-0.05, 0) is 52.7 Å². The van der Waals surface area contributed by atoms with Gasteiger partial charge in [-0.3, -0.25) is 0 Å². The predicted molar refractivity (Wildman–Crippen MR) is 69.1 cm³/mol. The number of aliphatic hydroxyl groups is 1. The summed E-state index contributed by atoms with van der Waals surface area (Å²) in [4.78, 5) is 4.19. The van der Waals surface area contributed by atoms with E-state index < -0.39 is 0 Å². The molecule has 0 atom stereocenters. The second kappa shape index (κ2) is 5.46. The van der Waals surface area contributed by atoms with Crippen molar-refractivity contribution in [3.63, 3.8) is 0 Å². The highest BCUT2D eigenvalue weighted by molar-refractivity contribution is 9.10. The van der Waals surface area contributed by atoms with Crippen LogP contribution in [0, 0.1) is 12.7 Å². The van der Waals surface area contributed by atoms with Crippen molar-refractivity contribution in [1.82, 2.24) is 4.98 Å². The van der Waals surface area contributed by atoms with Crippen LogP contribution in [0.4, 0.5) is 4.39 Å². The van der Waals surface area contributed by atoms with E-state index in [4.69, 9.17) is 9.84 Å². The lowest BCUT2D eigenvalue weighted by molar-refractivity contribution is 0.281. The molecular formula is C13H11BrFNO2. The second-order valence-electron chi connectivity index (χ2n) is 3.79. The van der Waals surface area contributed by atoms with Gasteiger partial charge >= 0.3 is 0 Å². The summed E-state index contributed by atoms with van der Waals surface area (Å²) in [5, 5.41) is 9.10. The summed E-state index contributed by atoms with van der Waals surface area (Å²) in [5.41, 5.74) is 1.46. The van der Waals surface area contributed by atoms with Gasteiger partial charge in [-0.25, -0.2) is 9.37 Å². The third-order valence-electron chi connectivity index (χ3n) is 2.28. The minimum atomic E-state index is -0.345. The van der Waals surface area contributed by atoms with Gasteiger partial charge < -0.3 is 9.84 Å². The third kappa shape index (κ3) is 3.05. The van der Waals surface area contributed by atoms with Crippen LogP contribution in [-0.2, 0) is 6.61 Å². The van der Waals surface area contributed by atoms with Crippen molar-refractivity contribution in [3.05, 3.63) is 51.9 Å². The molecule has 2 rings (SSSR count). The summed E-state index contributed by atoms with van der Waals surface area (Å²) in [6, 6.07) is 7.55. The Bertz CT molecular complexity index is 575. The topological polar surface area (TPSA) is 42.4 Å². The van der Waals surface area contributed by atoms with Crippen LogP contribution in [0.25, 0.3) is 0 Å². The van der Waals surface area contributed by atoms with Crippen molar-refractivity contribution >= 4 is 15.9 Å². The quantitative estimate of drug-likeness (QED) is 0.942. The molecule has 0 saturated carbocycles. The zero-order chi connectivity index (χ0) is 13.1. The molecule has 0 fully saturated rings. The highest BCUT2D eigenvalue weighted by atomic mass is 79.9. The summed E-state index contributed by atoms with van der Waals surface area (Å²) >= 11 is 3.22. The van der Waals surface area contributed by atoms with Gasteiger partial charge in [0.1, 0.15) is 11.6 Å². The van der Waals surface area contributed by atoms with E-state index in [0.717, 1.165) is 11.3 Å². The van der Waals surface area contributed by atoms with Crippen LogP contribution in [0.2, 0.25) is 0 Å². The summed E-state index contributed by atoms with van der Waals surface area (Å²) in [7, 11) is 0. The number of benzene rings is 1. The van der Waals surface area contributed by atoms with E-state index in [1.807, 2.05) is 6.92 Å². The van der Waals surface area contributed by atoms with Crippen LogP contribution >= 0.6 is 15.9 Å². The van der Waals surface area contributed by atoms with Crippen LogP contribution in [0.1, 0.15) is 11.3 Å². The fourth-order valence-corrected chi connectivity index (χ4v) is 1.95.